The van der Waals surface area contributed by atoms with E-state index in [1.54, 1.807) is 78.8 Å². The number of imide groups is 1. The fourth-order valence-electron chi connectivity index (χ4n) is 2.42. The van der Waals surface area contributed by atoms with E-state index < -0.39 is 41.5 Å². The molecule has 0 fully saturated rings. The van der Waals surface area contributed by atoms with Crippen LogP contribution in [0.3, 0.4) is 0 Å². The number of benzene rings is 1. The van der Waals surface area contributed by atoms with Gasteiger partial charge in [-0.1, -0.05) is 30.3 Å². The van der Waals surface area contributed by atoms with Crippen LogP contribution in [0.1, 0.15) is 61.0 Å². The Morgan fingerprint density at radius 1 is 0.818 bits per heavy atom. The van der Waals surface area contributed by atoms with Gasteiger partial charge in [-0.2, -0.15) is 5.01 Å². The molecule has 0 N–H and O–H groups in total. The van der Waals surface area contributed by atoms with E-state index in [4.69, 9.17) is 18.9 Å². The van der Waals surface area contributed by atoms with Crippen LogP contribution in [0.5, 0.6) is 0 Å². The number of carbonyl (C=O) groups excluding carboxylic acids is 4. The Morgan fingerprint density at radius 3 is 1.73 bits per heavy atom. The van der Waals surface area contributed by atoms with Gasteiger partial charge in [0.05, 0.1) is 6.61 Å². The maximum Gasteiger partial charge on any atom is 0.439 e. The summed E-state index contributed by atoms with van der Waals surface area (Å²) in [5.41, 5.74) is -1.36. The zero-order valence-electron chi connectivity index (χ0n) is 20.5. The molecule has 0 saturated heterocycles. The lowest BCUT2D eigenvalue weighted by molar-refractivity contribution is -0.153. The number of hydrogen-bond donors (Lipinski definition) is 0. The molecule has 1 aromatic carbocycles. The first-order valence-electron chi connectivity index (χ1n) is 10.6. The van der Waals surface area contributed by atoms with Gasteiger partial charge in [0.15, 0.2) is 6.04 Å². The molecule has 0 radical (unpaired) electrons. The number of ether oxygens (including phenoxy) is 4. The van der Waals surface area contributed by atoms with Crippen LogP contribution in [0, 0.1) is 0 Å². The minimum absolute atomic E-state index is 0.0228. The summed E-state index contributed by atoms with van der Waals surface area (Å²) in [7, 11) is 0. The van der Waals surface area contributed by atoms with Gasteiger partial charge in [0.1, 0.15) is 17.8 Å². The molecule has 33 heavy (non-hydrogen) atoms. The van der Waals surface area contributed by atoms with Crippen LogP contribution in [0.25, 0.3) is 0 Å². The molecule has 0 saturated carbocycles. The Bertz CT molecular complexity index is 799. The summed E-state index contributed by atoms with van der Waals surface area (Å²) in [5.74, 6) is -0.855. The third kappa shape index (κ3) is 9.38. The van der Waals surface area contributed by atoms with Crippen molar-refractivity contribution in [3.8, 4) is 0 Å². The van der Waals surface area contributed by atoms with Gasteiger partial charge in [-0.15, -0.1) is 5.01 Å². The Balaban J connectivity index is 3.39. The van der Waals surface area contributed by atoms with Gasteiger partial charge in [-0.3, -0.25) is 0 Å². The van der Waals surface area contributed by atoms with Gasteiger partial charge in [0.2, 0.25) is 0 Å². The van der Waals surface area contributed by atoms with Crippen molar-refractivity contribution in [1.82, 2.24) is 10.0 Å². The summed E-state index contributed by atoms with van der Waals surface area (Å²) in [6.07, 6.45) is -3.58. The highest BCUT2D eigenvalue weighted by Gasteiger charge is 2.44. The van der Waals surface area contributed by atoms with Gasteiger partial charge >= 0.3 is 24.2 Å². The quantitative estimate of drug-likeness (QED) is 0.350. The van der Waals surface area contributed by atoms with E-state index in [1.807, 2.05) is 0 Å². The Kier molecular flexibility index (Phi) is 9.69. The molecule has 0 aliphatic carbocycles. The van der Waals surface area contributed by atoms with E-state index in [0.29, 0.717) is 15.6 Å². The first kappa shape index (κ1) is 27.7. The van der Waals surface area contributed by atoms with Crippen molar-refractivity contribution in [3.05, 3.63) is 35.9 Å². The van der Waals surface area contributed by atoms with E-state index in [1.165, 1.54) is 6.92 Å². The summed E-state index contributed by atoms with van der Waals surface area (Å²) in [5, 5.41) is 0.870. The van der Waals surface area contributed by atoms with Crippen molar-refractivity contribution in [2.75, 3.05) is 6.61 Å². The van der Waals surface area contributed by atoms with E-state index in [-0.39, 0.29) is 13.2 Å². The molecular weight excluding hydrogens is 432 g/mol. The van der Waals surface area contributed by atoms with Gasteiger partial charge in [0, 0.05) is 0 Å². The van der Waals surface area contributed by atoms with Crippen LogP contribution in [-0.4, -0.2) is 58.1 Å². The first-order chi connectivity index (χ1) is 15.2. The molecule has 184 valence electrons. The largest absolute Gasteiger partial charge is 0.464 e. The average molecular weight is 467 g/mol. The monoisotopic (exact) mass is 466 g/mol. The topological polar surface area (TPSA) is 112 Å². The second-order valence-electron chi connectivity index (χ2n) is 9.09. The third-order valence-corrected chi connectivity index (χ3v) is 3.74. The summed E-state index contributed by atoms with van der Waals surface area (Å²) >= 11 is 0. The maximum atomic E-state index is 13.1. The summed E-state index contributed by atoms with van der Waals surface area (Å²) < 4.78 is 20.9. The lowest BCUT2D eigenvalue weighted by atomic mass is 10.2. The number of rotatable bonds is 5. The van der Waals surface area contributed by atoms with Crippen LogP contribution in [-0.2, 0) is 30.3 Å². The molecule has 0 heterocycles. The highest BCUT2D eigenvalue weighted by molar-refractivity contribution is 5.92. The lowest BCUT2D eigenvalue weighted by Gasteiger charge is -2.36. The number of amides is 3. The third-order valence-electron chi connectivity index (χ3n) is 3.74. The van der Waals surface area contributed by atoms with Crippen LogP contribution >= 0.6 is 0 Å². The number of esters is 1. The van der Waals surface area contributed by atoms with Crippen molar-refractivity contribution in [3.63, 3.8) is 0 Å². The number of hydrazine groups is 1. The molecule has 0 aromatic heterocycles. The molecule has 0 bridgehead atoms. The molecule has 0 spiro atoms. The Labute approximate surface area is 194 Å². The fourth-order valence-corrected chi connectivity index (χ4v) is 2.42. The second kappa shape index (κ2) is 11.5. The molecule has 0 aliphatic rings. The molecule has 1 aromatic rings. The first-order valence-corrected chi connectivity index (χ1v) is 10.6. The molecule has 1 atom stereocenters. The standard InChI is InChI=1S/C23H34N2O8/c1-9-30-18(26)16(2)24(19(27)31-15-17-13-11-10-12-14-17)25(20(28)32-22(3,4)5)21(29)33-23(6,7)8/h10-14,16H,9,15H2,1-8H3. The number of nitrogens with zero attached hydrogens (tertiary/aromatic N) is 2. The predicted octanol–water partition coefficient (Wildman–Crippen LogP) is 4.66. The van der Waals surface area contributed by atoms with Crippen LogP contribution < -0.4 is 0 Å². The molecular formula is C23H34N2O8. The summed E-state index contributed by atoms with van der Waals surface area (Å²) in [6, 6.07) is 7.37. The minimum atomic E-state index is -1.41. The lowest BCUT2D eigenvalue weighted by Crippen LogP contribution is -2.60. The van der Waals surface area contributed by atoms with Crippen LogP contribution in [0.4, 0.5) is 14.4 Å². The highest BCUT2D eigenvalue weighted by Crippen LogP contribution is 2.20. The fraction of sp³-hybridized carbons (Fsp3) is 0.565. The average Bonchev–Trinajstić information content (AvgIpc) is 2.67. The Hall–Kier alpha value is -3.30. The van der Waals surface area contributed by atoms with E-state index in [9.17, 15) is 19.2 Å². The zero-order chi connectivity index (χ0) is 25.4. The van der Waals surface area contributed by atoms with E-state index in [2.05, 4.69) is 0 Å². The maximum absolute atomic E-state index is 13.1. The van der Waals surface area contributed by atoms with Crippen molar-refractivity contribution in [2.45, 2.75) is 79.2 Å². The summed E-state index contributed by atoms with van der Waals surface area (Å²) in [4.78, 5) is 51.6. The molecule has 3 amide bonds. The van der Waals surface area contributed by atoms with Gasteiger partial charge in [-0.25, -0.2) is 19.2 Å². The van der Waals surface area contributed by atoms with E-state index in [0.717, 1.165) is 0 Å². The van der Waals surface area contributed by atoms with Gasteiger partial charge in [-0.05, 0) is 61.0 Å². The number of carbonyl (C=O) groups is 4. The number of hydrogen-bond acceptors (Lipinski definition) is 8. The Morgan fingerprint density at radius 2 is 1.30 bits per heavy atom. The SMILES string of the molecule is CCOC(=O)C(C)N(C(=O)OCc1ccccc1)N(C(=O)OC(C)(C)C)C(=O)OC(C)(C)C. The summed E-state index contributed by atoms with van der Waals surface area (Å²) in [6.45, 7) is 12.3. The zero-order valence-corrected chi connectivity index (χ0v) is 20.5. The molecule has 10 heteroatoms. The van der Waals surface area contributed by atoms with E-state index >= 15 is 0 Å². The molecule has 1 unspecified atom stereocenters. The van der Waals surface area contributed by atoms with Crippen LogP contribution in [0.15, 0.2) is 30.3 Å². The molecule has 0 aliphatic heterocycles. The van der Waals surface area contributed by atoms with Crippen LogP contribution in [0.2, 0.25) is 0 Å². The molecule has 10 nitrogen and oxygen atoms in total. The molecule has 1 rings (SSSR count). The van der Waals surface area contributed by atoms with Crippen molar-refractivity contribution in [2.24, 2.45) is 0 Å². The highest BCUT2D eigenvalue weighted by atomic mass is 16.6. The normalized spacial score (nSPS) is 12.2. The van der Waals surface area contributed by atoms with Gasteiger partial charge < -0.3 is 18.9 Å². The van der Waals surface area contributed by atoms with Gasteiger partial charge in [0.25, 0.3) is 0 Å². The van der Waals surface area contributed by atoms with Crippen molar-refractivity contribution >= 4 is 24.2 Å². The van der Waals surface area contributed by atoms with Crippen molar-refractivity contribution in [1.29, 1.82) is 0 Å². The second-order valence-corrected chi connectivity index (χ2v) is 9.09. The minimum Gasteiger partial charge on any atom is -0.464 e. The smallest absolute Gasteiger partial charge is 0.439 e. The van der Waals surface area contributed by atoms with Crippen molar-refractivity contribution < 1.29 is 38.1 Å². The predicted molar refractivity (Wildman–Crippen MR) is 119 cm³/mol.